The fourth-order valence-corrected chi connectivity index (χ4v) is 4.06. The van der Waals surface area contributed by atoms with Crippen molar-refractivity contribution in [2.24, 2.45) is 11.7 Å². The van der Waals surface area contributed by atoms with Gasteiger partial charge >= 0.3 is 5.97 Å². The second-order valence-electron chi connectivity index (χ2n) is 6.83. The second-order valence-corrected chi connectivity index (χ2v) is 6.83. The summed E-state index contributed by atoms with van der Waals surface area (Å²) in [6.45, 7) is 0.500. The first-order chi connectivity index (χ1) is 12.6. The Labute approximate surface area is 151 Å². The summed E-state index contributed by atoms with van der Waals surface area (Å²) in [5, 5.41) is 10.6. The Morgan fingerprint density at radius 2 is 1.85 bits per heavy atom. The van der Waals surface area contributed by atoms with Crippen molar-refractivity contribution in [2.45, 2.75) is 25.8 Å². The van der Waals surface area contributed by atoms with E-state index in [-0.39, 0.29) is 11.8 Å². The van der Waals surface area contributed by atoms with E-state index in [0.717, 1.165) is 29.3 Å². The summed E-state index contributed by atoms with van der Waals surface area (Å²) in [5.41, 5.74) is 10.1. The minimum Gasteiger partial charge on any atom is -0.478 e. The molecule has 1 atom stereocenters. The minimum absolute atomic E-state index is 0.131. The fraction of sp³-hybridized carbons (Fsp3) is 0.238. The number of aromatic nitrogens is 1. The van der Waals surface area contributed by atoms with Crippen LogP contribution in [-0.2, 0) is 24.2 Å². The Bertz CT molecular complexity index is 1020. The van der Waals surface area contributed by atoms with Gasteiger partial charge in [-0.05, 0) is 42.5 Å². The number of hydrogen-bond donors (Lipinski definition) is 2. The topological polar surface area (TPSA) is 85.3 Å². The van der Waals surface area contributed by atoms with Crippen LogP contribution in [0.15, 0.2) is 48.5 Å². The smallest absolute Gasteiger partial charge is 0.336 e. The maximum absolute atomic E-state index is 11.7. The third kappa shape index (κ3) is 2.65. The molecule has 1 aromatic heterocycles. The molecule has 1 amide bonds. The molecule has 1 aliphatic carbocycles. The van der Waals surface area contributed by atoms with Crippen LogP contribution in [0.4, 0.5) is 0 Å². The van der Waals surface area contributed by atoms with E-state index in [0.29, 0.717) is 18.5 Å². The summed E-state index contributed by atoms with van der Waals surface area (Å²) in [6, 6.07) is 15.2. The number of rotatable bonds is 4. The predicted molar refractivity (Wildman–Crippen MR) is 99.2 cm³/mol. The van der Waals surface area contributed by atoms with Crippen molar-refractivity contribution in [1.82, 2.24) is 4.57 Å². The average molecular weight is 348 g/mol. The normalized spacial score (nSPS) is 16.4. The van der Waals surface area contributed by atoms with Crippen LogP contribution in [0.5, 0.6) is 0 Å². The molecule has 1 aliphatic rings. The van der Waals surface area contributed by atoms with Gasteiger partial charge in [0.05, 0.1) is 5.56 Å². The van der Waals surface area contributed by atoms with E-state index in [1.807, 2.05) is 24.3 Å². The summed E-state index contributed by atoms with van der Waals surface area (Å²) in [6.07, 6.45) is 2.16. The van der Waals surface area contributed by atoms with Crippen LogP contribution in [0, 0.1) is 5.92 Å². The largest absolute Gasteiger partial charge is 0.478 e. The first-order valence-electron chi connectivity index (χ1n) is 8.75. The number of carbonyl (C=O) groups is 2. The van der Waals surface area contributed by atoms with E-state index < -0.39 is 5.97 Å². The summed E-state index contributed by atoms with van der Waals surface area (Å²) in [7, 11) is 0. The molecule has 132 valence electrons. The third-order valence-corrected chi connectivity index (χ3v) is 5.35. The fourth-order valence-electron chi connectivity index (χ4n) is 4.06. The molecule has 0 aliphatic heterocycles. The molecule has 0 spiro atoms. The molecule has 2 aromatic carbocycles. The van der Waals surface area contributed by atoms with Crippen LogP contribution in [0.1, 0.15) is 33.6 Å². The number of hydrogen-bond acceptors (Lipinski definition) is 2. The molecule has 0 saturated heterocycles. The number of nitrogens with zero attached hydrogens (tertiary/aromatic N) is 1. The molecule has 0 radical (unpaired) electrons. The maximum Gasteiger partial charge on any atom is 0.336 e. The monoisotopic (exact) mass is 348 g/mol. The van der Waals surface area contributed by atoms with Gasteiger partial charge in [-0.15, -0.1) is 0 Å². The van der Waals surface area contributed by atoms with Gasteiger partial charge in [-0.25, -0.2) is 4.79 Å². The van der Waals surface area contributed by atoms with E-state index in [2.05, 4.69) is 16.7 Å². The first kappa shape index (κ1) is 16.4. The van der Waals surface area contributed by atoms with Gasteiger partial charge in [0.2, 0.25) is 5.91 Å². The predicted octanol–water partition coefficient (Wildman–Crippen LogP) is 2.98. The second kappa shape index (κ2) is 6.33. The van der Waals surface area contributed by atoms with Gasteiger partial charge in [0.25, 0.3) is 0 Å². The van der Waals surface area contributed by atoms with E-state index in [1.54, 1.807) is 12.1 Å². The molecule has 1 unspecified atom stereocenters. The zero-order chi connectivity index (χ0) is 18.3. The highest BCUT2D eigenvalue weighted by molar-refractivity contribution is 5.90. The SMILES string of the molecule is NC(=O)C1CCc2c(c3ccccc3n2Cc2ccccc2C(=O)O)C1. The zero-order valence-electron chi connectivity index (χ0n) is 14.3. The number of benzene rings is 2. The summed E-state index contributed by atoms with van der Waals surface area (Å²) in [4.78, 5) is 23.2. The lowest BCUT2D eigenvalue weighted by Crippen LogP contribution is -2.29. The summed E-state index contributed by atoms with van der Waals surface area (Å²) >= 11 is 0. The van der Waals surface area contributed by atoms with Gasteiger partial charge in [-0.2, -0.15) is 0 Å². The van der Waals surface area contributed by atoms with Crippen LogP contribution in [0.25, 0.3) is 10.9 Å². The molecule has 1 heterocycles. The van der Waals surface area contributed by atoms with Crippen molar-refractivity contribution in [3.8, 4) is 0 Å². The lowest BCUT2D eigenvalue weighted by atomic mass is 9.86. The van der Waals surface area contributed by atoms with Gasteiger partial charge < -0.3 is 15.4 Å². The van der Waals surface area contributed by atoms with Crippen molar-refractivity contribution in [3.63, 3.8) is 0 Å². The lowest BCUT2D eigenvalue weighted by molar-refractivity contribution is -0.122. The summed E-state index contributed by atoms with van der Waals surface area (Å²) < 4.78 is 2.20. The molecule has 26 heavy (non-hydrogen) atoms. The number of carbonyl (C=O) groups excluding carboxylic acids is 1. The van der Waals surface area contributed by atoms with Gasteiger partial charge in [0, 0.05) is 29.1 Å². The van der Waals surface area contributed by atoms with E-state index >= 15 is 0 Å². The van der Waals surface area contributed by atoms with Gasteiger partial charge in [0.1, 0.15) is 0 Å². The number of aromatic carboxylic acids is 1. The van der Waals surface area contributed by atoms with Crippen LogP contribution in [0.3, 0.4) is 0 Å². The van der Waals surface area contributed by atoms with Crippen molar-refractivity contribution in [3.05, 3.63) is 70.9 Å². The van der Waals surface area contributed by atoms with E-state index in [4.69, 9.17) is 5.73 Å². The highest BCUT2D eigenvalue weighted by Crippen LogP contribution is 2.35. The molecule has 5 nitrogen and oxygen atoms in total. The van der Waals surface area contributed by atoms with Gasteiger partial charge in [-0.3, -0.25) is 4.79 Å². The van der Waals surface area contributed by atoms with Crippen molar-refractivity contribution in [2.75, 3.05) is 0 Å². The van der Waals surface area contributed by atoms with Crippen molar-refractivity contribution in [1.29, 1.82) is 0 Å². The van der Waals surface area contributed by atoms with Gasteiger partial charge in [-0.1, -0.05) is 36.4 Å². The quantitative estimate of drug-likeness (QED) is 0.760. The van der Waals surface area contributed by atoms with Crippen LogP contribution >= 0.6 is 0 Å². The minimum atomic E-state index is -0.917. The number of primary amides is 1. The molecule has 4 rings (SSSR count). The molecule has 3 N–H and O–H groups in total. The van der Waals surface area contributed by atoms with Crippen molar-refractivity contribution >= 4 is 22.8 Å². The number of nitrogens with two attached hydrogens (primary N) is 1. The Balaban J connectivity index is 1.85. The Kier molecular flexibility index (Phi) is 3.99. The van der Waals surface area contributed by atoms with Crippen molar-refractivity contribution < 1.29 is 14.7 Å². The standard InChI is InChI=1S/C21H20N2O3/c22-20(24)13-9-10-19-17(11-13)16-7-3-4-8-18(16)23(19)12-14-5-1-2-6-15(14)21(25)26/h1-8,13H,9-12H2,(H2,22,24)(H,25,26). The Morgan fingerprint density at radius 1 is 1.12 bits per heavy atom. The number of carboxylic acid groups (broad SMARTS) is 1. The lowest BCUT2D eigenvalue weighted by Gasteiger charge is -2.22. The summed E-state index contributed by atoms with van der Waals surface area (Å²) in [5.74, 6) is -1.29. The number of fused-ring (bicyclic) bond motifs is 3. The highest BCUT2D eigenvalue weighted by atomic mass is 16.4. The molecule has 0 saturated carbocycles. The molecule has 3 aromatic rings. The first-order valence-corrected chi connectivity index (χ1v) is 8.75. The Morgan fingerprint density at radius 3 is 2.62 bits per heavy atom. The maximum atomic E-state index is 11.7. The van der Waals surface area contributed by atoms with Crippen LogP contribution < -0.4 is 5.73 Å². The molecule has 5 heteroatoms. The van der Waals surface area contributed by atoms with Crippen LogP contribution in [0.2, 0.25) is 0 Å². The van der Waals surface area contributed by atoms with Gasteiger partial charge in [0.15, 0.2) is 0 Å². The van der Waals surface area contributed by atoms with E-state index in [9.17, 15) is 14.7 Å². The Hall–Kier alpha value is -3.08. The zero-order valence-corrected chi connectivity index (χ0v) is 14.3. The molecule has 0 bridgehead atoms. The molecule has 0 fully saturated rings. The number of para-hydroxylation sites is 1. The third-order valence-electron chi connectivity index (χ3n) is 5.35. The molecular formula is C21H20N2O3. The van der Waals surface area contributed by atoms with Crippen LogP contribution in [-0.4, -0.2) is 21.6 Å². The number of carboxylic acids is 1. The number of amides is 1. The highest BCUT2D eigenvalue weighted by Gasteiger charge is 2.28. The molecular weight excluding hydrogens is 328 g/mol. The average Bonchev–Trinajstić information content (AvgIpc) is 2.95. The van der Waals surface area contributed by atoms with E-state index in [1.165, 1.54) is 11.3 Å².